The molecule has 0 saturated heterocycles. The highest BCUT2D eigenvalue weighted by molar-refractivity contribution is 5.84. The molecular formula is C15H20N2O. The summed E-state index contributed by atoms with van der Waals surface area (Å²) in [5.41, 5.74) is 1.94. The van der Waals surface area contributed by atoms with Crippen molar-refractivity contribution >= 4 is 10.9 Å². The minimum absolute atomic E-state index is 0.0999. The number of nitrogens with zero attached hydrogens (tertiary/aromatic N) is 1. The molecule has 0 bridgehead atoms. The second-order valence-corrected chi connectivity index (χ2v) is 4.68. The molecule has 0 aliphatic heterocycles. The molecule has 2 atom stereocenters. The molecule has 0 spiro atoms. The van der Waals surface area contributed by atoms with Gasteiger partial charge >= 0.3 is 0 Å². The summed E-state index contributed by atoms with van der Waals surface area (Å²) in [6.45, 7) is 6.17. The quantitative estimate of drug-likeness (QED) is 0.898. The minimum Gasteiger partial charge on any atom is -0.487 e. The minimum atomic E-state index is 0.0999. The first-order chi connectivity index (χ1) is 8.61. The highest BCUT2D eigenvalue weighted by Crippen LogP contribution is 2.25. The number of ether oxygens (including phenoxy) is 1. The third-order valence-electron chi connectivity index (χ3n) is 3.29. The Morgan fingerprint density at radius 1 is 1.17 bits per heavy atom. The second-order valence-electron chi connectivity index (χ2n) is 4.68. The highest BCUT2D eigenvalue weighted by Gasteiger charge is 2.13. The number of benzene rings is 1. The van der Waals surface area contributed by atoms with Crippen LogP contribution in [0.3, 0.4) is 0 Å². The van der Waals surface area contributed by atoms with Crippen molar-refractivity contribution < 1.29 is 4.74 Å². The second kappa shape index (κ2) is 5.36. The van der Waals surface area contributed by atoms with E-state index in [1.807, 2.05) is 32.2 Å². The Morgan fingerprint density at radius 3 is 2.67 bits per heavy atom. The van der Waals surface area contributed by atoms with E-state index >= 15 is 0 Å². The molecular weight excluding hydrogens is 224 g/mol. The standard InChI is InChI=1S/C15H20N2O/c1-10-8-9-13-6-5-7-14(15(13)17-10)18-12(3)11(2)16-4/h5-9,11-12,16H,1-4H3. The molecule has 1 N–H and O–H groups in total. The fourth-order valence-corrected chi connectivity index (χ4v) is 1.85. The molecule has 1 aromatic carbocycles. The topological polar surface area (TPSA) is 34.1 Å². The molecule has 0 aliphatic rings. The van der Waals surface area contributed by atoms with Gasteiger partial charge in [-0.05, 0) is 40.0 Å². The lowest BCUT2D eigenvalue weighted by Gasteiger charge is -2.21. The molecule has 18 heavy (non-hydrogen) atoms. The van der Waals surface area contributed by atoms with E-state index < -0.39 is 0 Å². The van der Waals surface area contributed by atoms with E-state index in [4.69, 9.17) is 4.74 Å². The summed E-state index contributed by atoms with van der Waals surface area (Å²) >= 11 is 0. The van der Waals surface area contributed by atoms with Crippen LogP contribution in [-0.2, 0) is 0 Å². The first kappa shape index (κ1) is 12.8. The molecule has 0 fully saturated rings. The Kier molecular flexibility index (Phi) is 3.82. The molecule has 3 heteroatoms. The number of nitrogens with one attached hydrogen (secondary N) is 1. The van der Waals surface area contributed by atoms with Gasteiger partial charge in [-0.25, -0.2) is 4.98 Å². The van der Waals surface area contributed by atoms with Crippen LogP contribution in [0.25, 0.3) is 10.9 Å². The summed E-state index contributed by atoms with van der Waals surface area (Å²) < 4.78 is 6.01. The van der Waals surface area contributed by atoms with Gasteiger partial charge in [0.15, 0.2) is 0 Å². The summed E-state index contributed by atoms with van der Waals surface area (Å²) in [5.74, 6) is 0.853. The molecule has 2 aromatic rings. The van der Waals surface area contributed by atoms with Crippen LogP contribution in [0.1, 0.15) is 19.5 Å². The van der Waals surface area contributed by atoms with Gasteiger partial charge < -0.3 is 10.1 Å². The van der Waals surface area contributed by atoms with Gasteiger partial charge in [-0.3, -0.25) is 0 Å². The van der Waals surface area contributed by atoms with Gasteiger partial charge in [-0.1, -0.05) is 18.2 Å². The zero-order valence-corrected chi connectivity index (χ0v) is 11.4. The fraction of sp³-hybridized carbons (Fsp3) is 0.400. The maximum atomic E-state index is 6.01. The van der Waals surface area contributed by atoms with Crippen LogP contribution in [0.2, 0.25) is 0 Å². The van der Waals surface area contributed by atoms with Crippen molar-refractivity contribution in [3.63, 3.8) is 0 Å². The molecule has 0 aliphatic carbocycles. The van der Waals surface area contributed by atoms with Crippen LogP contribution in [0.5, 0.6) is 5.75 Å². The van der Waals surface area contributed by atoms with Crippen LogP contribution in [0.15, 0.2) is 30.3 Å². The largest absolute Gasteiger partial charge is 0.487 e. The van der Waals surface area contributed by atoms with E-state index in [1.165, 1.54) is 0 Å². The number of aromatic nitrogens is 1. The first-order valence-corrected chi connectivity index (χ1v) is 6.32. The maximum absolute atomic E-state index is 6.01. The van der Waals surface area contributed by atoms with Crippen molar-refractivity contribution in [2.24, 2.45) is 0 Å². The lowest BCUT2D eigenvalue weighted by Crippen LogP contribution is -2.36. The molecule has 96 valence electrons. The van der Waals surface area contributed by atoms with Gasteiger partial charge in [0.25, 0.3) is 0 Å². The predicted octanol–water partition coefficient (Wildman–Crippen LogP) is 2.92. The van der Waals surface area contributed by atoms with Crippen LogP contribution in [0.4, 0.5) is 0 Å². The Bertz CT molecular complexity index is 539. The van der Waals surface area contributed by atoms with Crippen molar-refractivity contribution in [3.05, 3.63) is 36.0 Å². The third kappa shape index (κ3) is 2.62. The Balaban J connectivity index is 2.35. The van der Waals surface area contributed by atoms with Crippen LogP contribution in [0, 0.1) is 6.92 Å². The molecule has 2 unspecified atom stereocenters. The van der Waals surface area contributed by atoms with Gasteiger partial charge in [0, 0.05) is 17.1 Å². The number of aryl methyl sites for hydroxylation is 1. The molecule has 0 amide bonds. The molecule has 0 radical (unpaired) electrons. The lowest BCUT2D eigenvalue weighted by atomic mass is 10.1. The summed E-state index contributed by atoms with van der Waals surface area (Å²) in [6.07, 6.45) is 0.0999. The average Bonchev–Trinajstić information content (AvgIpc) is 2.38. The number of likely N-dealkylation sites (N-methyl/N-ethyl adjacent to an activating group) is 1. The van der Waals surface area contributed by atoms with Crippen molar-refractivity contribution in [1.29, 1.82) is 0 Å². The number of hydrogen-bond donors (Lipinski definition) is 1. The van der Waals surface area contributed by atoms with E-state index in [0.29, 0.717) is 6.04 Å². The van der Waals surface area contributed by atoms with Crippen molar-refractivity contribution in [1.82, 2.24) is 10.3 Å². The number of rotatable bonds is 4. The van der Waals surface area contributed by atoms with Gasteiger partial charge in [-0.15, -0.1) is 0 Å². The van der Waals surface area contributed by atoms with E-state index in [0.717, 1.165) is 22.3 Å². The van der Waals surface area contributed by atoms with Crippen molar-refractivity contribution in [2.45, 2.75) is 32.9 Å². The molecule has 1 aromatic heterocycles. The fourth-order valence-electron chi connectivity index (χ4n) is 1.85. The Labute approximate surface area is 108 Å². The van der Waals surface area contributed by atoms with Crippen LogP contribution >= 0.6 is 0 Å². The summed E-state index contributed by atoms with van der Waals surface area (Å²) in [6, 6.07) is 10.4. The molecule has 1 heterocycles. The number of pyridine rings is 1. The predicted molar refractivity (Wildman–Crippen MR) is 75.1 cm³/mol. The summed E-state index contributed by atoms with van der Waals surface area (Å²) in [5, 5.41) is 4.31. The van der Waals surface area contributed by atoms with E-state index in [-0.39, 0.29) is 6.10 Å². The van der Waals surface area contributed by atoms with Crippen molar-refractivity contribution in [2.75, 3.05) is 7.05 Å². The van der Waals surface area contributed by atoms with E-state index in [9.17, 15) is 0 Å². The summed E-state index contributed by atoms with van der Waals surface area (Å²) in [4.78, 5) is 4.57. The number of para-hydroxylation sites is 1. The lowest BCUT2D eigenvalue weighted by molar-refractivity contribution is 0.184. The van der Waals surface area contributed by atoms with Crippen molar-refractivity contribution in [3.8, 4) is 5.75 Å². The van der Waals surface area contributed by atoms with E-state index in [2.05, 4.69) is 36.3 Å². The first-order valence-electron chi connectivity index (χ1n) is 6.32. The highest BCUT2D eigenvalue weighted by atomic mass is 16.5. The normalized spacial score (nSPS) is 14.4. The third-order valence-corrected chi connectivity index (χ3v) is 3.29. The Hall–Kier alpha value is -1.61. The zero-order chi connectivity index (χ0) is 13.1. The van der Waals surface area contributed by atoms with Crippen LogP contribution < -0.4 is 10.1 Å². The SMILES string of the molecule is CNC(C)C(C)Oc1cccc2ccc(C)nc12. The number of fused-ring (bicyclic) bond motifs is 1. The monoisotopic (exact) mass is 244 g/mol. The molecule has 3 nitrogen and oxygen atoms in total. The van der Waals surface area contributed by atoms with Gasteiger partial charge in [0.2, 0.25) is 0 Å². The zero-order valence-electron chi connectivity index (χ0n) is 11.4. The van der Waals surface area contributed by atoms with Crippen LogP contribution in [-0.4, -0.2) is 24.2 Å². The Morgan fingerprint density at radius 2 is 1.94 bits per heavy atom. The van der Waals surface area contributed by atoms with Gasteiger partial charge in [0.05, 0.1) is 0 Å². The van der Waals surface area contributed by atoms with Gasteiger partial charge in [-0.2, -0.15) is 0 Å². The maximum Gasteiger partial charge on any atom is 0.146 e. The average molecular weight is 244 g/mol. The van der Waals surface area contributed by atoms with E-state index in [1.54, 1.807) is 0 Å². The molecule has 0 saturated carbocycles. The summed E-state index contributed by atoms with van der Waals surface area (Å²) in [7, 11) is 1.94. The smallest absolute Gasteiger partial charge is 0.146 e. The molecule has 2 rings (SSSR count). The van der Waals surface area contributed by atoms with Gasteiger partial charge in [0.1, 0.15) is 17.4 Å². The number of hydrogen-bond acceptors (Lipinski definition) is 3.